The van der Waals surface area contributed by atoms with E-state index in [0.29, 0.717) is 28.8 Å². The molecule has 1 fully saturated rings. The fourth-order valence-electron chi connectivity index (χ4n) is 2.35. The van der Waals surface area contributed by atoms with Gasteiger partial charge in [0.15, 0.2) is 0 Å². The monoisotopic (exact) mass is 461 g/mol. The minimum absolute atomic E-state index is 0.263. The molecule has 134 valence electrons. The summed E-state index contributed by atoms with van der Waals surface area (Å²) in [6.07, 6.45) is 3.05. The van der Waals surface area contributed by atoms with Crippen LogP contribution in [-0.4, -0.2) is 48.2 Å². The number of amides is 1. The summed E-state index contributed by atoms with van der Waals surface area (Å²) in [4.78, 5) is 17.1. The molecule has 0 aromatic carbocycles. The molecule has 3 rings (SSSR count). The number of anilines is 1. The van der Waals surface area contributed by atoms with Gasteiger partial charge in [0.25, 0.3) is 15.9 Å². The molecule has 3 heterocycles. The summed E-state index contributed by atoms with van der Waals surface area (Å²) in [5.41, 5.74) is 0.914. The Kier molecular flexibility index (Phi) is 5.84. The Morgan fingerprint density at radius 2 is 2.00 bits per heavy atom. The van der Waals surface area contributed by atoms with Gasteiger partial charge in [-0.25, -0.2) is 8.42 Å². The van der Waals surface area contributed by atoms with Crippen LogP contribution in [-0.2, 0) is 10.0 Å². The number of carbonyl (C=O) groups excluding carboxylic acids is 1. The topological polar surface area (TPSA) is 79.4 Å². The maximum Gasteiger partial charge on any atom is 0.257 e. The van der Waals surface area contributed by atoms with E-state index in [1.807, 2.05) is 0 Å². The average Bonchev–Trinajstić information content (AvgIpc) is 2.97. The summed E-state index contributed by atoms with van der Waals surface area (Å²) >= 11 is 6.21. The number of halogens is 1. The number of sulfonamides is 1. The Balaban J connectivity index is 1.81. The van der Waals surface area contributed by atoms with Gasteiger partial charge in [0, 0.05) is 46.3 Å². The molecule has 0 saturated carbocycles. The van der Waals surface area contributed by atoms with Gasteiger partial charge in [-0.1, -0.05) is 0 Å². The quantitative estimate of drug-likeness (QED) is 0.755. The Morgan fingerprint density at radius 1 is 1.28 bits per heavy atom. The maximum atomic E-state index is 12.8. The minimum atomic E-state index is -3.50. The van der Waals surface area contributed by atoms with Crippen molar-refractivity contribution >= 4 is 60.6 Å². The van der Waals surface area contributed by atoms with Crippen LogP contribution in [0.4, 0.5) is 5.69 Å². The van der Waals surface area contributed by atoms with E-state index in [0.717, 1.165) is 16.4 Å². The second-order valence-corrected chi connectivity index (χ2v) is 11.0. The van der Waals surface area contributed by atoms with Crippen molar-refractivity contribution in [2.75, 3.05) is 29.9 Å². The number of carbonyl (C=O) groups is 1. The molecule has 1 aliphatic rings. The van der Waals surface area contributed by atoms with Crippen LogP contribution >= 0.6 is 39.0 Å². The molecule has 25 heavy (non-hydrogen) atoms. The van der Waals surface area contributed by atoms with Crippen molar-refractivity contribution in [3.8, 4) is 0 Å². The molecular weight excluding hydrogens is 446 g/mol. The predicted molar refractivity (Wildman–Crippen MR) is 105 cm³/mol. The molecule has 0 spiro atoms. The number of rotatable bonds is 4. The number of hydrogen-bond donors (Lipinski definition) is 1. The summed E-state index contributed by atoms with van der Waals surface area (Å²) < 4.78 is 28.0. The molecule has 2 aromatic rings. The average molecular weight is 462 g/mol. The van der Waals surface area contributed by atoms with Crippen molar-refractivity contribution in [3.05, 3.63) is 39.4 Å². The highest BCUT2D eigenvalue weighted by atomic mass is 79.9. The van der Waals surface area contributed by atoms with Crippen LogP contribution in [0.3, 0.4) is 0 Å². The van der Waals surface area contributed by atoms with Crippen LogP contribution in [0.25, 0.3) is 0 Å². The molecule has 10 heteroatoms. The molecule has 0 radical (unpaired) electrons. The highest BCUT2D eigenvalue weighted by molar-refractivity contribution is 9.10. The van der Waals surface area contributed by atoms with E-state index >= 15 is 0 Å². The highest BCUT2D eigenvalue weighted by Gasteiger charge is 2.28. The molecular formula is C15H16BrN3O3S3. The number of pyridine rings is 1. The van der Waals surface area contributed by atoms with E-state index in [9.17, 15) is 13.2 Å². The fraction of sp³-hybridized carbons (Fsp3) is 0.333. The van der Waals surface area contributed by atoms with E-state index in [4.69, 9.17) is 0 Å². The molecule has 1 N–H and O–H groups in total. The molecule has 0 unspecified atom stereocenters. The molecule has 1 aliphatic heterocycles. The van der Waals surface area contributed by atoms with Gasteiger partial charge in [-0.3, -0.25) is 9.78 Å². The lowest BCUT2D eigenvalue weighted by molar-refractivity contribution is 0.102. The van der Waals surface area contributed by atoms with E-state index in [2.05, 4.69) is 26.2 Å². The lowest BCUT2D eigenvalue weighted by Gasteiger charge is -2.24. The first-order valence-electron chi connectivity index (χ1n) is 7.48. The predicted octanol–water partition coefficient (Wildman–Crippen LogP) is 3.20. The number of aryl methyl sites for hydroxylation is 1. The third-order valence-corrected chi connectivity index (χ3v) is 8.45. The first kappa shape index (κ1) is 18.8. The molecule has 6 nitrogen and oxygen atoms in total. The van der Waals surface area contributed by atoms with Crippen molar-refractivity contribution in [1.29, 1.82) is 0 Å². The highest BCUT2D eigenvalue weighted by Crippen LogP contribution is 2.32. The van der Waals surface area contributed by atoms with E-state index < -0.39 is 10.0 Å². The molecule has 0 aliphatic carbocycles. The van der Waals surface area contributed by atoms with E-state index in [1.54, 1.807) is 37.0 Å². The summed E-state index contributed by atoms with van der Waals surface area (Å²) in [6.45, 7) is 2.84. The SMILES string of the molecule is Cc1sc(S(=O)(=O)N2CCSCC2)cc1NC(=O)c1cncc(Br)c1. The third-order valence-electron chi connectivity index (χ3n) is 3.67. The maximum absolute atomic E-state index is 12.8. The number of nitrogens with zero attached hydrogens (tertiary/aromatic N) is 2. The standard InChI is InChI=1S/C15H16BrN3O3S3/c1-10-13(18-15(20)11-6-12(16)9-17-8-11)7-14(24-10)25(21,22)19-2-4-23-5-3-19/h6-9H,2-5H2,1H3,(H,18,20). The van der Waals surface area contributed by atoms with Crippen LogP contribution < -0.4 is 5.32 Å². The van der Waals surface area contributed by atoms with Crippen molar-refractivity contribution in [3.63, 3.8) is 0 Å². The summed E-state index contributed by atoms with van der Waals surface area (Å²) in [5.74, 6) is 1.29. The largest absolute Gasteiger partial charge is 0.321 e. The number of aromatic nitrogens is 1. The zero-order valence-electron chi connectivity index (χ0n) is 13.4. The van der Waals surface area contributed by atoms with Crippen molar-refractivity contribution in [1.82, 2.24) is 9.29 Å². The van der Waals surface area contributed by atoms with Crippen molar-refractivity contribution < 1.29 is 13.2 Å². The second-order valence-electron chi connectivity index (χ2n) is 5.40. The number of nitrogens with one attached hydrogen (secondary N) is 1. The van der Waals surface area contributed by atoms with Gasteiger partial charge >= 0.3 is 0 Å². The lowest BCUT2D eigenvalue weighted by Crippen LogP contribution is -2.37. The normalized spacial score (nSPS) is 15.9. The van der Waals surface area contributed by atoms with Gasteiger partial charge in [-0.2, -0.15) is 16.1 Å². The number of thioether (sulfide) groups is 1. The first-order valence-corrected chi connectivity index (χ1v) is 11.7. The summed E-state index contributed by atoms with van der Waals surface area (Å²) in [5, 5.41) is 2.77. The minimum Gasteiger partial charge on any atom is -0.321 e. The van der Waals surface area contributed by atoms with Gasteiger partial charge in [-0.05, 0) is 35.0 Å². The summed E-state index contributed by atoms with van der Waals surface area (Å²) in [7, 11) is -3.50. The lowest BCUT2D eigenvalue weighted by atomic mass is 10.2. The Morgan fingerprint density at radius 3 is 2.68 bits per heavy atom. The number of hydrogen-bond acceptors (Lipinski definition) is 6. The Bertz CT molecular complexity index is 892. The van der Waals surface area contributed by atoms with Crippen LogP contribution in [0, 0.1) is 6.92 Å². The van der Waals surface area contributed by atoms with Crippen molar-refractivity contribution in [2.24, 2.45) is 0 Å². The zero-order chi connectivity index (χ0) is 18.0. The molecule has 2 aromatic heterocycles. The van der Waals surface area contributed by atoms with Gasteiger partial charge in [0.2, 0.25) is 0 Å². The number of thiophene rings is 1. The van der Waals surface area contributed by atoms with Crippen LogP contribution in [0.1, 0.15) is 15.2 Å². The van der Waals surface area contributed by atoms with Gasteiger partial charge in [0.1, 0.15) is 4.21 Å². The zero-order valence-corrected chi connectivity index (χ0v) is 17.4. The van der Waals surface area contributed by atoms with Crippen LogP contribution in [0.15, 0.2) is 33.2 Å². The van der Waals surface area contributed by atoms with Crippen LogP contribution in [0.2, 0.25) is 0 Å². The first-order chi connectivity index (χ1) is 11.9. The Hall–Kier alpha value is -0.940. The van der Waals surface area contributed by atoms with E-state index in [-0.39, 0.29) is 10.1 Å². The smallest absolute Gasteiger partial charge is 0.257 e. The second kappa shape index (κ2) is 7.75. The van der Waals surface area contributed by atoms with Crippen LogP contribution in [0.5, 0.6) is 0 Å². The van der Waals surface area contributed by atoms with Gasteiger partial charge in [0.05, 0.1) is 11.3 Å². The van der Waals surface area contributed by atoms with Crippen molar-refractivity contribution in [2.45, 2.75) is 11.1 Å². The molecule has 1 amide bonds. The molecule has 0 atom stereocenters. The fourth-order valence-corrected chi connectivity index (χ4v) is 6.85. The Labute approximate surface area is 163 Å². The van der Waals surface area contributed by atoms with Gasteiger partial charge in [-0.15, -0.1) is 11.3 Å². The van der Waals surface area contributed by atoms with E-state index in [1.165, 1.54) is 21.8 Å². The molecule has 0 bridgehead atoms. The summed E-state index contributed by atoms with van der Waals surface area (Å²) in [6, 6.07) is 3.20. The molecule has 1 saturated heterocycles. The third kappa shape index (κ3) is 4.25. The van der Waals surface area contributed by atoms with Gasteiger partial charge < -0.3 is 5.32 Å².